The first-order chi connectivity index (χ1) is 5.31. The number of rotatable bonds is 6. The van der Waals surface area contributed by atoms with Crippen molar-refractivity contribution in [2.75, 3.05) is 0 Å². The van der Waals surface area contributed by atoms with Crippen LogP contribution in [-0.2, 0) is 4.79 Å². The zero-order valence-corrected chi connectivity index (χ0v) is 7.55. The van der Waals surface area contributed by atoms with Crippen molar-refractivity contribution in [2.45, 2.75) is 39.5 Å². The lowest BCUT2D eigenvalue weighted by Crippen LogP contribution is -1.89. The second-order valence-electron chi connectivity index (χ2n) is 2.96. The van der Waals surface area contributed by atoms with Crippen molar-refractivity contribution in [3.05, 3.63) is 12.2 Å². The van der Waals surface area contributed by atoms with Crippen molar-refractivity contribution in [2.24, 2.45) is 5.92 Å². The zero-order chi connectivity index (χ0) is 8.53. The molecule has 11 heavy (non-hydrogen) atoms. The van der Waals surface area contributed by atoms with E-state index in [1.165, 1.54) is 12.8 Å². The van der Waals surface area contributed by atoms with Crippen molar-refractivity contribution >= 4 is 6.29 Å². The lowest BCUT2D eigenvalue weighted by Gasteiger charge is -2.03. The smallest absolute Gasteiger partial charge is 0.123 e. The van der Waals surface area contributed by atoms with E-state index >= 15 is 0 Å². The summed E-state index contributed by atoms with van der Waals surface area (Å²) in [5.74, 6) is 0.816. The van der Waals surface area contributed by atoms with Crippen LogP contribution in [-0.4, -0.2) is 6.29 Å². The predicted octanol–water partition coefficient (Wildman–Crippen LogP) is 2.96. The number of carbonyl (C=O) groups excluding carboxylic acids is 1. The highest BCUT2D eigenvalue weighted by Gasteiger charge is 1.94. The second-order valence-corrected chi connectivity index (χ2v) is 2.96. The summed E-state index contributed by atoms with van der Waals surface area (Å²) < 4.78 is 0. The Balaban J connectivity index is 3.18. The lowest BCUT2D eigenvalue weighted by atomic mass is 10.0. The Labute approximate surface area is 69.5 Å². The summed E-state index contributed by atoms with van der Waals surface area (Å²) in [4.78, 5) is 9.91. The molecule has 0 aliphatic carbocycles. The number of hydrogen-bond donors (Lipinski definition) is 0. The zero-order valence-electron chi connectivity index (χ0n) is 7.55. The lowest BCUT2D eigenvalue weighted by molar-refractivity contribution is -0.107. The third-order valence-corrected chi connectivity index (χ3v) is 1.92. The van der Waals surface area contributed by atoms with Gasteiger partial charge >= 0.3 is 0 Å². The van der Waals surface area contributed by atoms with E-state index in [1.54, 1.807) is 0 Å². The first-order valence-corrected chi connectivity index (χ1v) is 4.39. The molecule has 64 valence electrons. The quantitative estimate of drug-likeness (QED) is 0.424. The van der Waals surface area contributed by atoms with Crippen LogP contribution in [0.1, 0.15) is 39.5 Å². The van der Waals surface area contributed by atoms with E-state index < -0.39 is 0 Å². The molecule has 0 N–H and O–H groups in total. The van der Waals surface area contributed by atoms with E-state index in [1.807, 2.05) is 6.08 Å². The van der Waals surface area contributed by atoms with Gasteiger partial charge in [-0.25, -0.2) is 0 Å². The SMILES string of the molecule is CCC(C)CCC=CCC=O. The topological polar surface area (TPSA) is 17.1 Å². The Morgan fingerprint density at radius 1 is 1.36 bits per heavy atom. The molecule has 0 saturated heterocycles. The summed E-state index contributed by atoms with van der Waals surface area (Å²) in [6.07, 6.45) is 9.15. The number of carbonyl (C=O) groups is 1. The normalized spacial score (nSPS) is 13.6. The summed E-state index contributed by atoms with van der Waals surface area (Å²) in [5, 5.41) is 0. The van der Waals surface area contributed by atoms with Gasteiger partial charge in [0.25, 0.3) is 0 Å². The van der Waals surface area contributed by atoms with Crippen molar-refractivity contribution in [3.8, 4) is 0 Å². The fraction of sp³-hybridized carbons (Fsp3) is 0.700. The minimum atomic E-state index is 0.570. The Kier molecular flexibility index (Phi) is 7.11. The Bertz CT molecular complexity index is 116. The highest BCUT2D eigenvalue weighted by atomic mass is 16.1. The highest BCUT2D eigenvalue weighted by Crippen LogP contribution is 2.09. The molecule has 0 rings (SSSR count). The van der Waals surface area contributed by atoms with E-state index in [0.29, 0.717) is 6.42 Å². The van der Waals surface area contributed by atoms with Crippen molar-refractivity contribution in [3.63, 3.8) is 0 Å². The van der Waals surface area contributed by atoms with Crippen LogP contribution in [0.4, 0.5) is 0 Å². The van der Waals surface area contributed by atoms with E-state index in [4.69, 9.17) is 0 Å². The van der Waals surface area contributed by atoms with Crippen LogP contribution in [0.2, 0.25) is 0 Å². The molecule has 0 spiro atoms. The summed E-state index contributed by atoms with van der Waals surface area (Å²) in [5.41, 5.74) is 0. The first-order valence-electron chi connectivity index (χ1n) is 4.39. The fourth-order valence-electron chi connectivity index (χ4n) is 0.854. The Hall–Kier alpha value is -0.590. The van der Waals surface area contributed by atoms with Gasteiger partial charge in [0, 0.05) is 6.42 Å². The first kappa shape index (κ1) is 10.4. The molecule has 0 aliphatic heterocycles. The molecule has 0 fully saturated rings. The van der Waals surface area contributed by atoms with Crippen LogP contribution in [0.3, 0.4) is 0 Å². The maximum atomic E-state index is 9.91. The van der Waals surface area contributed by atoms with E-state index in [0.717, 1.165) is 18.6 Å². The van der Waals surface area contributed by atoms with Gasteiger partial charge < -0.3 is 4.79 Å². The van der Waals surface area contributed by atoms with Crippen LogP contribution in [0, 0.1) is 5.92 Å². The van der Waals surface area contributed by atoms with Crippen molar-refractivity contribution in [1.82, 2.24) is 0 Å². The van der Waals surface area contributed by atoms with E-state index in [9.17, 15) is 4.79 Å². The average molecular weight is 154 g/mol. The van der Waals surface area contributed by atoms with Gasteiger partial charge in [0.15, 0.2) is 0 Å². The summed E-state index contributed by atoms with van der Waals surface area (Å²) >= 11 is 0. The van der Waals surface area contributed by atoms with Gasteiger partial charge in [0.05, 0.1) is 0 Å². The van der Waals surface area contributed by atoms with Gasteiger partial charge in [-0.15, -0.1) is 0 Å². The summed E-state index contributed by atoms with van der Waals surface area (Å²) in [6, 6.07) is 0. The summed E-state index contributed by atoms with van der Waals surface area (Å²) in [7, 11) is 0. The van der Waals surface area contributed by atoms with Crippen LogP contribution in [0.15, 0.2) is 12.2 Å². The third-order valence-electron chi connectivity index (χ3n) is 1.92. The molecular formula is C10H18O. The monoisotopic (exact) mass is 154 g/mol. The maximum Gasteiger partial charge on any atom is 0.123 e. The van der Waals surface area contributed by atoms with Crippen LogP contribution in [0.5, 0.6) is 0 Å². The molecular weight excluding hydrogens is 136 g/mol. The van der Waals surface area contributed by atoms with E-state index in [-0.39, 0.29) is 0 Å². The number of hydrogen-bond acceptors (Lipinski definition) is 1. The summed E-state index contributed by atoms with van der Waals surface area (Å²) in [6.45, 7) is 4.47. The molecule has 0 radical (unpaired) electrons. The standard InChI is InChI=1S/C10H18O/c1-3-10(2)8-6-4-5-7-9-11/h4-5,9-10H,3,6-8H2,1-2H3. The van der Waals surface area contributed by atoms with Gasteiger partial charge in [-0.3, -0.25) is 0 Å². The minimum Gasteiger partial charge on any atom is -0.303 e. The second kappa shape index (κ2) is 7.52. The number of allylic oxidation sites excluding steroid dienone is 2. The molecule has 0 heterocycles. The molecule has 0 aromatic carbocycles. The molecule has 1 heteroatoms. The van der Waals surface area contributed by atoms with Crippen LogP contribution < -0.4 is 0 Å². The molecule has 0 bridgehead atoms. The molecule has 1 atom stereocenters. The fourth-order valence-corrected chi connectivity index (χ4v) is 0.854. The third kappa shape index (κ3) is 7.31. The maximum absolute atomic E-state index is 9.91. The van der Waals surface area contributed by atoms with Crippen molar-refractivity contribution < 1.29 is 4.79 Å². The van der Waals surface area contributed by atoms with E-state index in [2.05, 4.69) is 19.9 Å². The molecule has 0 aromatic heterocycles. The molecule has 0 aliphatic rings. The van der Waals surface area contributed by atoms with Gasteiger partial charge in [-0.1, -0.05) is 32.4 Å². The van der Waals surface area contributed by atoms with Gasteiger partial charge in [-0.05, 0) is 18.8 Å². The van der Waals surface area contributed by atoms with Crippen LogP contribution in [0.25, 0.3) is 0 Å². The molecule has 0 saturated carbocycles. The molecule has 1 unspecified atom stereocenters. The molecule has 0 amide bonds. The van der Waals surface area contributed by atoms with Crippen molar-refractivity contribution in [1.29, 1.82) is 0 Å². The minimum absolute atomic E-state index is 0.570. The van der Waals surface area contributed by atoms with Gasteiger partial charge in [-0.2, -0.15) is 0 Å². The van der Waals surface area contributed by atoms with Crippen LogP contribution >= 0.6 is 0 Å². The number of aldehydes is 1. The molecule has 0 aromatic rings. The average Bonchev–Trinajstić information content (AvgIpc) is 2.04. The Morgan fingerprint density at radius 3 is 2.64 bits per heavy atom. The largest absolute Gasteiger partial charge is 0.303 e. The highest BCUT2D eigenvalue weighted by molar-refractivity contribution is 5.51. The van der Waals surface area contributed by atoms with Gasteiger partial charge in [0.2, 0.25) is 0 Å². The van der Waals surface area contributed by atoms with Gasteiger partial charge in [0.1, 0.15) is 6.29 Å². The predicted molar refractivity (Wildman–Crippen MR) is 48.5 cm³/mol. The Morgan fingerprint density at radius 2 is 2.09 bits per heavy atom. The molecule has 1 nitrogen and oxygen atoms in total.